The Bertz CT molecular complexity index is 402. The zero-order valence-electron chi connectivity index (χ0n) is 11.6. The molecular formula is C13H24N4S. The number of nitrogens with two attached hydrogens (primary N) is 1. The van der Waals surface area contributed by atoms with Crippen LogP contribution in [0.2, 0.25) is 0 Å². The van der Waals surface area contributed by atoms with E-state index in [2.05, 4.69) is 23.6 Å². The summed E-state index contributed by atoms with van der Waals surface area (Å²) in [5.74, 6) is 1.00. The Morgan fingerprint density at radius 1 is 1.50 bits per heavy atom. The van der Waals surface area contributed by atoms with Crippen LogP contribution in [-0.2, 0) is 13.5 Å². The molecule has 0 spiro atoms. The van der Waals surface area contributed by atoms with Crippen LogP contribution < -0.4 is 11.1 Å². The minimum absolute atomic E-state index is 0.551. The number of aromatic nitrogens is 2. The van der Waals surface area contributed by atoms with Crippen LogP contribution in [0.25, 0.3) is 0 Å². The highest BCUT2D eigenvalue weighted by Crippen LogP contribution is 2.32. The number of anilines is 2. The van der Waals surface area contributed by atoms with E-state index < -0.39 is 0 Å². The molecule has 0 aromatic carbocycles. The molecule has 2 atom stereocenters. The molecule has 1 aliphatic rings. The van der Waals surface area contributed by atoms with Crippen LogP contribution in [0.4, 0.5) is 11.5 Å². The fourth-order valence-electron chi connectivity index (χ4n) is 2.67. The van der Waals surface area contributed by atoms with Gasteiger partial charge in [0, 0.05) is 18.3 Å². The first-order valence-corrected chi connectivity index (χ1v) is 8.05. The van der Waals surface area contributed by atoms with Gasteiger partial charge in [0.15, 0.2) is 0 Å². The lowest BCUT2D eigenvalue weighted by atomic mass is 10.2. The standard InChI is InChI=1S/C13H24N4S/c1-4-5-11-12(14)13(17(2)16-11)15-9-6-7-10(8-9)18-3/h9-10,15H,4-8,14H2,1-3H3. The van der Waals surface area contributed by atoms with Crippen molar-refractivity contribution in [3.63, 3.8) is 0 Å². The third-order valence-electron chi connectivity index (χ3n) is 3.71. The van der Waals surface area contributed by atoms with E-state index in [-0.39, 0.29) is 0 Å². The summed E-state index contributed by atoms with van der Waals surface area (Å²) in [6.07, 6.45) is 8.01. The highest BCUT2D eigenvalue weighted by molar-refractivity contribution is 7.99. The molecule has 1 fully saturated rings. The van der Waals surface area contributed by atoms with Crippen molar-refractivity contribution in [2.24, 2.45) is 7.05 Å². The van der Waals surface area contributed by atoms with Gasteiger partial charge in [-0.1, -0.05) is 13.3 Å². The van der Waals surface area contributed by atoms with Gasteiger partial charge in [-0.15, -0.1) is 0 Å². The molecule has 1 heterocycles. The van der Waals surface area contributed by atoms with Gasteiger partial charge in [-0.05, 0) is 31.9 Å². The number of nitrogen functional groups attached to an aromatic ring is 1. The summed E-state index contributed by atoms with van der Waals surface area (Å²) in [6.45, 7) is 2.15. The molecule has 0 radical (unpaired) electrons. The van der Waals surface area contributed by atoms with E-state index in [0.717, 1.165) is 35.3 Å². The smallest absolute Gasteiger partial charge is 0.147 e. The first-order chi connectivity index (χ1) is 8.65. The zero-order valence-corrected chi connectivity index (χ0v) is 12.4. The molecular weight excluding hydrogens is 244 g/mol. The molecule has 1 aromatic heterocycles. The third kappa shape index (κ3) is 2.76. The average molecular weight is 268 g/mol. The Balaban J connectivity index is 2.05. The minimum atomic E-state index is 0.551. The summed E-state index contributed by atoms with van der Waals surface area (Å²) in [4.78, 5) is 0. The van der Waals surface area contributed by atoms with Crippen molar-refractivity contribution in [2.45, 2.75) is 50.3 Å². The molecule has 1 aromatic rings. The highest BCUT2D eigenvalue weighted by atomic mass is 32.2. The lowest BCUT2D eigenvalue weighted by Crippen LogP contribution is -2.18. The van der Waals surface area contributed by atoms with Gasteiger partial charge in [0.2, 0.25) is 0 Å². The van der Waals surface area contributed by atoms with Gasteiger partial charge in [-0.25, -0.2) is 0 Å². The second-order valence-corrected chi connectivity index (χ2v) is 6.23. The molecule has 5 heteroatoms. The molecule has 0 amide bonds. The maximum atomic E-state index is 6.18. The van der Waals surface area contributed by atoms with Crippen LogP contribution in [0.3, 0.4) is 0 Å². The molecule has 0 aliphatic heterocycles. The topological polar surface area (TPSA) is 55.9 Å². The maximum Gasteiger partial charge on any atom is 0.147 e. The molecule has 3 N–H and O–H groups in total. The van der Waals surface area contributed by atoms with E-state index >= 15 is 0 Å². The van der Waals surface area contributed by atoms with Gasteiger partial charge in [0.1, 0.15) is 5.82 Å². The number of hydrogen-bond donors (Lipinski definition) is 2. The van der Waals surface area contributed by atoms with Crippen molar-refractivity contribution in [1.29, 1.82) is 0 Å². The Morgan fingerprint density at radius 3 is 2.89 bits per heavy atom. The normalized spacial score (nSPS) is 23.5. The zero-order chi connectivity index (χ0) is 13.1. The average Bonchev–Trinajstić information content (AvgIpc) is 2.91. The summed E-state index contributed by atoms with van der Waals surface area (Å²) in [5.41, 5.74) is 8.05. The van der Waals surface area contributed by atoms with Crippen LogP contribution in [-0.4, -0.2) is 27.3 Å². The summed E-state index contributed by atoms with van der Waals surface area (Å²) < 4.78 is 1.90. The van der Waals surface area contributed by atoms with Crippen LogP contribution in [0.15, 0.2) is 0 Å². The minimum Gasteiger partial charge on any atom is -0.394 e. The van der Waals surface area contributed by atoms with Gasteiger partial charge in [0.05, 0.1) is 11.4 Å². The van der Waals surface area contributed by atoms with Crippen molar-refractivity contribution in [3.05, 3.63) is 5.69 Å². The predicted molar refractivity (Wildman–Crippen MR) is 80.2 cm³/mol. The van der Waals surface area contributed by atoms with Gasteiger partial charge >= 0.3 is 0 Å². The first-order valence-electron chi connectivity index (χ1n) is 6.76. The number of thioether (sulfide) groups is 1. The Morgan fingerprint density at radius 2 is 2.28 bits per heavy atom. The Hall–Kier alpha value is -0.840. The molecule has 1 saturated carbocycles. The molecule has 102 valence electrons. The monoisotopic (exact) mass is 268 g/mol. The highest BCUT2D eigenvalue weighted by Gasteiger charge is 2.25. The summed E-state index contributed by atoms with van der Waals surface area (Å²) in [7, 11) is 1.97. The van der Waals surface area contributed by atoms with Crippen LogP contribution in [0, 0.1) is 0 Å². The largest absolute Gasteiger partial charge is 0.394 e. The molecule has 2 rings (SSSR count). The first kappa shape index (κ1) is 13.6. The predicted octanol–water partition coefficient (Wildman–Crippen LogP) is 2.65. The fraction of sp³-hybridized carbons (Fsp3) is 0.769. The number of rotatable bonds is 5. The molecule has 0 bridgehead atoms. The van der Waals surface area contributed by atoms with Crippen LogP contribution in [0.5, 0.6) is 0 Å². The Kier molecular flexibility index (Phi) is 4.43. The van der Waals surface area contributed by atoms with E-state index in [1.807, 2.05) is 23.5 Å². The van der Waals surface area contributed by atoms with Crippen molar-refractivity contribution >= 4 is 23.3 Å². The van der Waals surface area contributed by atoms with Gasteiger partial charge in [-0.3, -0.25) is 4.68 Å². The van der Waals surface area contributed by atoms with E-state index in [1.165, 1.54) is 19.3 Å². The second-order valence-electron chi connectivity index (χ2n) is 5.09. The third-order valence-corrected chi connectivity index (χ3v) is 4.80. The number of nitrogens with one attached hydrogen (secondary N) is 1. The van der Waals surface area contributed by atoms with Crippen molar-refractivity contribution in [1.82, 2.24) is 9.78 Å². The van der Waals surface area contributed by atoms with Gasteiger partial charge in [0.25, 0.3) is 0 Å². The number of aryl methyl sites for hydroxylation is 2. The summed E-state index contributed by atoms with van der Waals surface area (Å²) in [6, 6.07) is 0.551. The number of hydrogen-bond acceptors (Lipinski definition) is 4. The quantitative estimate of drug-likeness (QED) is 0.862. The van der Waals surface area contributed by atoms with Crippen molar-refractivity contribution < 1.29 is 0 Å². The van der Waals surface area contributed by atoms with Crippen LogP contribution >= 0.6 is 11.8 Å². The lowest BCUT2D eigenvalue weighted by molar-refractivity contribution is 0.702. The summed E-state index contributed by atoms with van der Waals surface area (Å²) >= 11 is 1.97. The van der Waals surface area contributed by atoms with E-state index in [0.29, 0.717) is 6.04 Å². The fourth-order valence-corrected chi connectivity index (χ4v) is 3.46. The molecule has 18 heavy (non-hydrogen) atoms. The van der Waals surface area contributed by atoms with E-state index in [1.54, 1.807) is 0 Å². The van der Waals surface area contributed by atoms with Crippen molar-refractivity contribution in [3.8, 4) is 0 Å². The van der Waals surface area contributed by atoms with Gasteiger partial charge in [-0.2, -0.15) is 16.9 Å². The SMILES string of the molecule is CCCc1nn(C)c(NC2CCC(SC)C2)c1N. The summed E-state index contributed by atoms with van der Waals surface area (Å²) in [5, 5.41) is 8.89. The van der Waals surface area contributed by atoms with E-state index in [9.17, 15) is 0 Å². The second kappa shape index (κ2) is 5.87. The molecule has 2 unspecified atom stereocenters. The molecule has 0 saturated heterocycles. The Labute approximate surface area is 114 Å². The lowest BCUT2D eigenvalue weighted by Gasteiger charge is -2.14. The molecule has 4 nitrogen and oxygen atoms in total. The van der Waals surface area contributed by atoms with Crippen molar-refractivity contribution in [2.75, 3.05) is 17.3 Å². The van der Waals surface area contributed by atoms with E-state index in [4.69, 9.17) is 5.73 Å². The maximum absolute atomic E-state index is 6.18. The van der Waals surface area contributed by atoms with Crippen LogP contribution in [0.1, 0.15) is 38.3 Å². The number of nitrogens with zero attached hydrogens (tertiary/aromatic N) is 2. The van der Waals surface area contributed by atoms with Gasteiger partial charge < -0.3 is 11.1 Å². The molecule has 1 aliphatic carbocycles.